The number of rotatable bonds is 4. The Hall–Kier alpha value is -4.42. The van der Waals surface area contributed by atoms with Gasteiger partial charge in [-0.2, -0.15) is 0 Å². The molecular formula is C40H26S4. The van der Waals surface area contributed by atoms with Crippen LogP contribution in [0.4, 0.5) is 0 Å². The van der Waals surface area contributed by atoms with Crippen LogP contribution in [0, 0.1) is 37.5 Å². The van der Waals surface area contributed by atoms with E-state index >= 15 is 0 Å². The largest absolute Gasteiger partial charge is 0.144 e. The molecule has 0 saturated heterocycles. The summed E-state index contributed by atoms with van der Waals surface area (Å²) in [6.45, 7) is 4.42. The molecule has 0 unspecified atom stereocenters. The maximum atomic E-state index is 3.39. The minimum atomic E-state index is 1.03. The Kier molecular flexibility index (Phi) is 8.16. The van der Waals surface area contributed by atoms with E-state index in [1.165, 1.54) is 52.9 Å². The van der Waals surface area contributed by atoms with Crippen LogP contribution in [0.2, 0.25) is 0 Å². The first-order chi connectivity index (χ1) is 21.6. The maximum absolute atomic E-state index is 3.39. The van der Waals surface area contributed by atoms with Crippen molar-refractivity contribution in [3.8, 4) is 65.4 Å². The lowest BCUT2D eigenvalue weighted by molar-refractivity contribution is 1.52. The van der Waals surface area contributed by atoms with Crippen LogP contribution >= 0.6 is 45.3 Å². The highest BCUT2D eigenvalue weighted by molar-refractivity contribution is 7.17. The van der Waals surface area contributed by atoms with E-state index in [1.54, 1.807) is 22.7 Å². The standard InChI is InChI=1S/C40H26S4/c1-27-21-23-41-39(27)35-25-34(38-20-18-32(44-38)16-14-30-11-7-4-8-12-30)36(40-28(2)22-24-42-40)26-33(35)37-19-17-31(43-37)15-13-29-9-5-3-6-10-29/h3-12,17-26H,1-2H3. The van der Waals surface area contributed by atoms with Crippen LogP contribution in [0.1, 0.15) is 32.0 Å². The highest BCUT2D eigenvalue weighted by Crippen LogP contribution is 2.48. The van der Waals surface area contributed by atoms with Crippen LogP contribution in [0.3, 0.4) is 0 Å². The summed E-state index contributed by atoms with van der Waals surface area (Å²) in [5.74, 6) is 13.4. The van der Waals surface area contributed by atoms with E-state index in [1.807, 2.05) is 59.1 Å². The summed E-state index contributed by atoms with van der Waals surface area (Å²) in [7, 11) is 0. The molecule has 0 saturated carbocycles. The van der Waals surface area contributed by atoms with Crippen molar-refractivity contribution in [2.24, 2.45) is 0 Å². The van der Waals surface area contributed by atoms with Gasteiger partial charge in [-0.1, -0.05) is 60.1 Å². The number of aryl methyl sites for hydroxylation is 2. The summed E-state index contributed by atoms with van der Waals surface area (Å²) < 4.78 is 0. The van der Waals surface area contributed by atoms with Crippen molar-refractivity contribution in [3.05, 3.63) is 152 Å². The maximum Gasteiger partial charge on any atom is 0.0778 e. The predicted octanol–water partition coefficient (Wildman–Crippen LogP) is 12.0. The third kappa shape index (κ3) is 6.00. The second-order valence-corrected chi connectivity index (χ2v) is 14.4. The summed E-state index contributed by atoms with van der Waals surface area (Å²) in [4.78, 5) is 7.20. The lowest BCUT2D eigenvalue weighted by Gasteiger charge is -2.16. The van der Waals surface area contributed by atoms with Crippen molar-refractivity contribution in [1.29, 1.82) is 0 Å². The molecule has 0 aliphatic rings. The van der Waals surface area contributed by atoms with Gasteiger partial charge in [-0.05, 0) is 109 Å². The van der Waals surface area contributed by atoms with Crippen LogP contribution < -0.4 is 0 Å². The summed E-state index contributed by atoms with van der Waals surface area (Å²) in [5, 5.41) is 4.39. The van der Waals surface area contributed by atoms with E-state index in [4.69, 9.17) is 0 Å². The quantitative estimate of drug-likeness (QED) is 0.169. The fourth-order valence-corrected chi connectivity index (χ4v) is 8.79. The average molecular weight is 635 g/mol. The van der Waals surface area contributed by atoms with Crippen molar-refractivity contribution in [2.45, 2.75) is 13.8 Å². The van der Waals surface area contributed by atoms with E-state index in [-0.39, 0.29) is 0 Å². The van der Waals surface area contributed by atoms with Crippen molar-refractivity contribution in [3.63, 3.8) is 0 Å². The Morgan fingerprint density at radius 1 is 0.432 bits per heavy atom. The second kappa shape index (κ2) is 12.7. The molecule has 0 aliphatic carbocycles. The third-order valence-electron chi connectivity index (χ3n) is 7.32. The van der Waals surface area contributed by atoms with Gasteiger partial charge in [0.1, 0.15) is 0 Å². The lowest BCUT2D eigenvalue weighted by Crippen LogP contribution is -1.90. The van der Waals surface area contributed by atoms with Crippen molar-refractivity contribution >= 4 is 45.3 Å². The fraction of sp³-hybridized carbons (Fsp3) is 0.0500. The molecule has 4 heterocycles. The molecule has 0 spiro atoms. The number of benzene rings is 3. The van der Waals surface area contributed by atoms with Gasteiger partial charge in [0.15, 0.2) is 0 Å². The molecule has 44 heavy (non-hydrogen) atoms. The molecule has 0 atom stereocenters. The van der Waals surface area contributed by atoms with Crippen LogP contribution in [0.25, 0.3) is 41.8 Å². The van der Waals surface area contributed by atoms with E-state index in [9.17, 15) is 0 Å². The Labute approximate surface area is 275 Å². The number of hydrogen-bond acceptors (Lipinski definition) is 4. The zero-order valence-electron chi connectivity index (χ0n) is 24.2. The van der Waals surface area contributed by atoms with Gasteiger partial charge in [0, 0.05) is 52.9 Å². The molecule has 0 nitrogen and oxygen atoms in total. The molecular weight excluding hydrogens is 609 g/mol. The molecule has 0 fully saturated rings. The van der Waals surface area contributed by atoms with Gasteiger partial charge in [-0.25, -0.2) is 0 Å². The molecule has 0 aliphatic heterocycles. The molecule has 210 valence electrons. The summed E-state index contributed by atoms with van der Waals surface area (Å²) in [6, 6.07) is 38.4. The Morgan fingerprint density at radius 2 is 0.864 bits per heavy atom. The first-order valence-electron chi connectivity index (χ1n) is 14.2. The van der Waals surface area contributed by atoms with Crippen LogP contribution in [-0.4, -0.2) is 0 Å². The summed E-state index contributed by atoms with van der Waals surface area (Å²) in [6.07, 6.45) is 0. The van der Waals surface area contributed by atoms with Gasteiger partial charge in [0.25, 0.3) is 0 Å². The fourth-order valence-electron chi connectivity index (χ4n) is 5.09. The molecule has 0 N–H and O–H groups in total. The minimum absolute atomic E-state index is 1.03. The van der Waals surface area contributed by atoms with Crippen LogP contribution in [0.5, 0.6) is 0 Å². The van der Waals surface area contributed by atoms with E-state index in [0.717, 1.165) is 20.9 Å². The Bertz CT molecular complexity index is 2040. The molecule has 7 aromatic rings. The first kappa shape index (κ1) is 28.4. The molecule has 4 heteroatoms. The van der Waals surface area contributed by atoms with Gasteiger partial charge in [-0.15, -0.1) is 45.3 Å². The minimum Gasteiger partial charge on any atom is -0.144 e. The first-order valence-corrected chi connectivity index (χ1v) is 17.6. The Balaban J connectivity index is 1.38. The Morgan fingerprint density at radius 3 is 1.25 bits per heavy atom. The van der Waals surface area contributed by atoms with E-state index in [2.05, 4.69) is 121 Å². The van der Waals surface area contributed by atoms with Crippen LogP contribution in [0.15, 0.2) is 120 Å². The predicted molar refractivity (Wildman–Crippen MR) is 194 cm³/mol. The zero-order chi connectivity index (χ0) is 29.9. The van der Waals surface area contributed by atoms with Gasteiger partial charge in [0.2, 0.25) is 0 Å². The smallest absolute Gasteiger partial charge is 0.0778 e. The number of hydrogen-bond donors (Lipinski definition) is 0. The molecule has 0 bridgehead atoms. The molecule has 3 aromatic carbocycles. The SMILES string of the molecule is Cc1ccsc1-c1cc(-c2ccc(C#Cc3ccccc3)s2)c(-c2sccc2C)cc1-c1ccc(C#Cc2ccccc2)s1. The highest BCUT2D eigenvalue weighted by atomic mass is 32.1. The van der Waals surface area contributed by atoms with E-state index in [0.29, 0.717) is 0 Å². The molecule has 4 aromatic heterocycles. The number of thiophene rings is 4. The molecule has 0 radical (unpaired) electrons. The third-order valence-corrected chi connectivity index (χ3v) is 11.5. The second-order valence-electron chi connectivity index (χ2n) is 10.4. The van der Waals surface area contributed by atoms with Gasteiger partial charge < -0.3 is 0 Å². The zero-order valence-corrected chi connectivity index (χ0v) is 27.4. The van der Waals surface area contributed by atoms with Crippen LogP contribution in [-0.2, 0) is 0 Å². The van der Waals surface area contributed by atoms with Crippen molar-refractivity contribution < 1.29 is 0 Å². The van der Waals surface area contributed by atoms with Gasteiger partial charge >= 0.3 is 0 Å². The van der Waals surface area contributed by atoms with Gasteiger partial charge in [-0.3, -0.25) is 0 Å². The lowest BCUT2D eigenvalue weighted by atomic mass is 9.93. The summed E-state index contributed by atoms with van der Waals surface area (Å²) >= 11 is 7.14. The summed E-state index contributed by atoms with van der Waals surface area (Å²) in [5.41, 5.74) is 9.68. The van der Waals surface area contributed by atoms with Crippen molar-refractivity contribution in [2.75, 3.05) is 0 Å². The monoisotopic (exact) mass is 634 g/mol. The van der Waals surface area contributed by atoms with Crippen molar-refractivity contribution in [1.82, 2.24) is 0 Å². The van der Waals surface area contributed by atoms with E-state index < -0.39 is 0 Å². The average Bonchev–Trinajstić information content (AvgIpc) is 3.88. The topological polar surface area (TPSA) is 0 Å². The highest BCUT2D eigenvalue weighted by Gasteiger charge is 2.20. The molecule has 0 amide bonds. The molecule has 7 rings (SSSR count). The normalized spacial score (nSPS) is 10.6. The van der Waals surface area contributed by atoms with Gasteiger partial charge in [0.05, 0.1) is 9.75 Å².